The third kappa shape index (κ3) is 2.38. The summed E-state index contributed by atoms with van der Waals surface area (Å²) in [6.07, 6.45) is 5.53. The predicted molar refractivity (Wildman–Crippen MR) is 71.2 cm³/mol. The van der Waals surface area contributed by atoms with E-state index in [1.165, 1.54) is 6.08 Å². The van der Waals surface area contributed by atoms with Gasteiger partial charge in [-0.15, -0.1) is 0 Å². The summed E-state index contributed by atoms with van der Waals surface area (Å²) in [5.74, 6) is 5.98. The number of allylic oxidation sites excluding steroid dienone is 2. The van der Waals surface area contributed by atoms with Crippen molar-refractivity contribution < 1.29 is 9.13 Å². The molecule has 1 aromatic carbocycles. The maximum Gasteiger partial charge on any atom is 0.161 e. The number of aryl methyl sites for hydroxylation is 1. The molecule has 0 unspecified atom stereocenters. The molecule has 18 heavy (non-hydrogen) atoms. The summed E-state index contributed by atoms with van der Waals surface area (Å²) in [6.45, 7) is 3.63. The molecule has 1 aliphatic carbocycles. The number of hydrogen-bond donors (Lipinski definition) is 2. The Morgan fingerprint density at radius 2 is 2.17 bits per heavy atom. The number of alkyl halides is 1. The average molecular weight is 248 g/mol. The molecule has 0 spiro atoms. The van der Waals surface area contributed by atoms with Gasteiger partial charge in [-0.05, 0) is 49.8 Å². The molecule has 0 saturated carbocycles. The first-order valence-electron chi connectivity index (χ1n) is 5.81. The van der Waals surface area contributed by atoms with Crippen molar-refractivity contribution in [2.45, 2.75) is 25.6 Å². The van der Waals surface area contributed by atoms with Crippen LogP contribution in [0, 0.1) is 6.92 Å². The molecule has 4 heteroatoms. The van der Waals surface area contributed by atoms with E-state index in [9.17, 15) is 4.39 Å². The lowest BCUT2D eigenvalue weighted by atomic mass is 9.95. The monoisotopic (exact) mass is 248 g/mol. The average Bonchev–Trinajstić information content (AvgIpc) is 2.33. The van der Waals surface area contributed by atoms with Gasteiger partial charge in [-0.25, -0.2) is 4.39 Å². The molecule has 0 aromatic heterocycles. The highest BCUT2D eigenvalue weighted by Crippen LogP contribution is 2.29. The van der Waals surface area contributed by atoms with Crippen LogP contribution in [-0.4, -0.2) is 11.8 Å². The van der Waals surface area contributed by atoms with E-state index in [4.69, 9.17) is 10.6 Å². The Hall–Kier alpha value is -1.81. The van der Waals surface area contributed by atoms with Crippen LogP contribution < -0.4 is 16.0 Å². The number of nitrogens with one attached hydrogen (secondary N) is 1. The fourth-order valence-electron chi connectivity index (χ4n) is 1.90. The summed E-state index contributed by atoms with van der Waals surface area (Å²) in [6, 6.07) is 5.41. The van der Waals surface area contributed by atoms with Crippen LogP contribution >= 0.6 is 0 Å². The van der Waals surface area contributed by atoms with Crippen LogP contribution in [0.2, 0.25) is 0 Å². The minimum absolute atomic E-state index is 0.622. The maximum atomic E-state index is 13.9. The van der Waals surface area contributed by atoms with Crippen LogP contribution in [0.4, 0.5) is 10.1 Å². The van der Waals surface area contributed by atoms with Crippen LogP contribution in [0.1, 0.15) is 12.5 Å². The standard InChI is InChI=1S/C14H17FN2O/c1-10-9-11(6-7-12(10)17-16)18-14(2)8-4-3-5-13(14)15/h3-9,13,17H,16H2,1-2H3/t13-,14-/m1/s1. The van der Waals surface area contributed by atoms with Crippen LogP contribution in [0.25, 0.3) is 0 Å². The van der Waals surface area contributed by atoms with Gasteiger partial charge in [0, 0.05) is 0 Å². The van der Waals surface area contributed by atoms with E-state index in [2.05, 4.69) is 5.43 Å². The largest absolute Gasteiger partial charge is 0.480 e. The summed E-state index contributed by atoms with van der Waals surface area (Å²) in [5.41, 5.74) is 3.40. The Morgan fingerprint density at radius 3 is 2.78 bits per heavy atom. The number of halogens is 1. The van der Waals surface area contributed by atoms with E-state index in [0.717, 1.165) is 11.3 Å². The summed E-state index contributed by atoms with van der Waals surface area (Å²) in [7, 11) is 0. The van der Waals surface area contributed by atoms with Crippen LogP contribution in [0.15, 0.2) is 42.5 Å². The summed E-state index contributed by atoms with van der Waals surface area (Å²) in [4.78, 5) is 0. The first-order valence-corrected chi connectivity index (χ1v) is 5.81. The lowest BCUT2D eigenvalue weighted by Crippen LogP contribution is -2.40. The second-order valence-corrected chi connectivity index (χ2v) is 4.55. The number of rotatable bonds is 3. The molecule has 0 aliphatic heterocycles. The molecule has 0 radical (unpaired) electrons. The van der Waals surface area contributed by atoms with Crippen LogP contribution in [-0.2, 0) is 0 Å². The fraction of sp³-hybridized carbons (Fsp3) is 0.286. The van der Waals surface area contributed by atoms with E-state index in [-0.39, 0.29) is 0 Å². The minimum Gasteiger partial charge on any atom is -0.480 e. The SMILES string of the molecule is Cc1cc(O[C@]2(C)C=CC=C[C@H]2F)ccc1NN. The third-order valence-electron chi connectivity index (χ3n) is 3.06. The molecule has 1 aromatic rings. The molecule has 0 heterocycles. The summed E-state index contributed by atoms with van der Waals surface area (Å²) >= 11 is 0. The zero-order chi connectivity index (χ0) is 13.2. The quantitative estimate of drug-likeness (QED) is 0.638. The molecule has 0 saturated heterocycles. The van der Waals surface area contributed by atoms with Crippen molar-refractivity contribution in [3.63, 3.8) is 0 Å². The zero-order valence-corrected chi connectivity index (χ0v) is 10.5. The van der Waals surface area contributed by atoms with Gasteiger partial charge in [-0.2, -0.15) is 0 Å². The number of nitrogens with two attached hydrogens (primary N) is 1. The van der Waals surface area contributed by atoms with E-state index in [1.807, 2.05) is 19.1 Å². The Kier molecular flexibility index (Phi) is 3.39. The van der Waals surface area contributed by atoms with Crippen molar-refractivity contribution in [2.24, 2.45) is 5.84 Å². The Bertz CT molecular complexity index is 499. The minimum atomic E-state index is -1.16. The third-order valence-corrected chi connectivity index (χ3v) is 3.06. The number of ether oxygens (including phenoxy) is 1. The molecule has 1 aliphatic rings. The highest BCUT2D eigenvalue weighted by molar-refractivity contribution is 5.52. The molecule has 0 amide bonds. The van der Waals surface area contributed by atoms with Gasteiger partial charge >= 0.3 is 0 Å². The van der Waals surface area contributed by atoms with Crippen molar-refractivity contribution in [3.05, 3.63) is 48.1 Å². The van der Waals surface area contributed by atoms with Gasteiger partial charge in [0.25, 0.3) is 0 Å². The maximum absolute atomic E-state index is 13.9. The van der Waals surface area contributed by atoms with Gasteiger partial charge in [-0.3, -0.25) is 5.84 Å². The van der Waals surface area contributed by atoms with Crippen molar-refractivity contribution in [1.82, 2.24) is 0 Å². The second kappa shape index (κ2) is 4.82. The molecule has 2 atom stereocenters. The normalized spacial score (nSPS) is 26.1. The molecule has 0 bridgehead atoms. The van der Waals surface area contributed by atoms with Gasteiger partial charge < -0.3 is 10.2 Å². The Morgan fingerprint density at radius 1 is 1.39 bits per heavy atom. The zero-order valence-electron chi connectivity index (χ0n) is 10.5. The fourth-order valence-corrected chi connectivity index (χ4v) is 1.90. The lowest BCUT2D eigenvalue weighted by molar-refractivity contribution is 0.0689. The van der Waals surface area contributed by atoms with E-state index >= 15 is 0 Å². The lowest BCUT2D eigenvalue weighted by Gasteiger charge is -2.31. The van der Waals surface area contributed by atoms with Crippen molar-refractivity contribution >= 4 is 5.69 Å². The molecule has 3 N–H and O–H groups in total. The Balaban J connectivity index is 2.21. The molecular formula is C14H17FN2O. The van der Waals surface area contributed by atoms with Gasteiger partial charge in [0.1, 0.15) is 5.75 Å². The van der Waals surface area contributed by atoms with E-state index in [0.29, 0.717) is 5.75 Å². The van der Waals surface area contributed by atoms with Crippen LogP contribution in [0.3, 0.4) is 0 Å². The molecular weight excluding hydrogens is 231 g/mol. The molecule has 2 rings (SSSR count). The highest BCUT2D eigenvalue weighted by atomic mass is 19.1. The van der Waals surface area contributed by atoms with Crippen molar-refractivity contribution in [3.8, 4) is 5.75 Å². The first kappa shape index (κ1) is 12.6. The molecule has 96 valence electrons. The first-order chi connectivity index (χ1) is 8.55. The van der Waals surface area contributed by atoms with Gasteiger partial charge in [0.15, 0.2) is 11.8 Å². The van der Waals surface area contributed by atoms with Crippen molar-refractivity contribution in [1.29, 1.82) is 0 Å². The smallest absolute Gasteiger partial charge is 0.161 e. The number of benzene rings is 1. The van der Waals surface area contributed by atoms with E-state index in [1.54, 1.807) is 31.2 Å². The summed E-state index contributed by atoms with van der Waals surface area (Å²) in [5, 5.41) is 0. The Labute approximate surface area is 106 Å². The topological polar surface area (TPSA) is 47.3 Å². The van der Waals surface area contributed by atoms with Gasteiger partial charge in [0.2, 0.25) is 0 Å². The predicted octanol–water partition coefficient (Wildman–Crippen LogP) is 2.88. The highest BCUT2D eigenvalue weighted by Gasteiger charge is 2.34. The number of hydrogen-bond acceptors (Lipinski definition) is 3. The second-order valence-electron chi connectivity index (χ2n) is 4.55. The molecule has 3 nitrogen and oxygen atoms in total. The number of nitrogen functional groups attached to an aromatic ring is 1. The number of hydrazine groups is 1. The van der Waals surface area contributed by atoms with Crippen LogP contribution in [0.5, 0.6) is 5.75 Å². The molecule has 0 fully saturated rings. The summed E-state index contributed by atoms with van der Waals surface area (Å²) < 4.78 is 19.6. The van der Waals surface area contributed by atoms with E-state index < -0.39 is 11.8 Å². The number of anilines is 1. The van der Waals surface area contributed by atoms with Crippen molar-refractivity contribution in [2.75, 3.05) is 5.43 Å². The van der Waals surface area contributed by atoms with Gasteiger partial charge in [-0.1, -0.05) is 12.2 Å². The van der Waals surface area contributed by atoms with Gasteiger partial charge in [0.05, 0.1) is 5.69 Å².